The molecule has 26 heavy (non-hydrogen) atoms. The molecule has 0 spiro atoms. The molecule has 2 aromatic rings. The van der Waals surface area contributed by atoms with E-state index in [-0.39, 0.29) is 12.3 Å². The number of hydrogen-bond acceptors (Lipinski definition) is 4. The van der Waals surface area contributed by atoms with Gasteiger partial charge in [-0.3, -0.25) is 4.79 Å². The Balaban J connectivity index is 1.24. The van der Waals surface area contributed by atoms with Crippen LogP contribution < -0.4 is 5.32 Å². The third kappa shape index (κ3) is 2.93. The minimum atomic E-state index is 0.156. The van der Waals surface area contributed by atoms with Gasteiger partial charge < -0.3 is 5.32 Å². The molecule has 2 N–H and O–H groups in total. The van der Waals surface area contributed by atoms with Crippen molar-refractivity contribution in [1.82, 2.24) is 15.2 Å². The molecule has 1 aromatic carbocycles. The van der Waals surface area contributed by atoms with Crippen molar-refractivity contribution in [2.45, 2.75) is 50.4 Å². The third-order valence-corrected chi connectivity index (χ3v) is 6.87. The van der Waals surface area contributed by atoms with Crippen molar-refractivity contribution in [1.29, 1.82) is 0 Å². The lowest BCUT2D eigenvalue weighted by Gasteiger charge is -2.57. The zero-order valence-electron chi connectivity index (χ0n) is 15.1. The maximum Gasteiger partial charge on any atom is 0.218 e. The van der Waals surface area contributed by atoms with Crippen LogP contribution in [0.15, 0.2) is 30.6 Å². The molecule has 1 aromatic heterocycles. The van der Waals surface area contributed by atoms with Crippen molar-refractivity contribution in [3.8, 4) is 0 Å². The smallest absolute Gasteiger partial charge is 0.218 e. The fourth-order valence-corrected chi connectivity index (χ4v) is 6.20. The summed E-state index contributed by atoms with van der Waals surface area (Å²) in [6.07, 6.45) is 10.5. The summed E-state index contributed by atoms with van der Waals surface area (Å²) in [5.74, 6) is 3.58. The van der Waals surface area contributed by atoms with Gasteiger partial charge in [0.1, 0.15) is 6.33 Å². The number of H-pyrrole nitrogens is 1. The molecule has 0 aliphatic heterocycles. The van der Waals surface area contributed by atoms with Crippen LogP contribution in [0.2, 0.25) is 0 Å². The van der Waals surface area contributed by atoms with Crippen LogP contribution in [0.5, 0.6) is 0 Å². The van der Waals surface area contributed by atoms with Crippen molar-refractivity contribution in [2.24, 2.45) is 17.8 Å². The van der Waals surface area contributed by atoms with Gasteiger partial charge in [0.2, 0.25) is 5.95 Å². The van der Waals surface area contributed by atoms with Crippen LogP contribution in [0.3, 0.4) is 0 Å². The van der Waals surface area contributed by atoms with Gasteiger partial charge in [-0.25, -0.2) is 10.1 Å². The normalized spacial score (nSPS) is 31.9. The standard InChI is InChI=1S/C21H26N4O/c26-19(12-22-20-23-13-24-25-20)8-14-1-3-18(4-2-14)21-9-15-5-16(10-21)7-17(6-15)11-21/h1-4,13,15-17H,5-12H2,(H2,22,23,24,25). The predicted octanol–water partition coefficient (Wildman–Crippen LogP) is 3.50. The number of ketones is 1. The molecule has 4 bridgehead atoms. The van der Waals surface area contributed by atoms with E-state index < -0.39 is 0 Å². The van der Waals surface area contributed by atoms with E-state index >= 15 is 0 Å². The van der Waals surface area contributed by atoms with Gasteiger partial charge in [-0.05, 0) is 72.8 Å². The Morgan fingerprint density at radius 3 is 2.31 bits per heavy atom. The van der Waals surface area contributed by atoms with Crippen molar-refractivity contribution in [3.63, 3.8) is 0 Å². The highest BCUT2D eigenvalue weighted by Crippen LogP contribution is 2.60. The van der Waals surface area contributed by atoms with Gasteiger partial charge in [0.25, 0.3) is 0 Å². The number of hydrogen-bond donors (Lipinski definition) is 2. The summed E-state index contributed by atoms with van der Waals surface area (Å²) in [7, 11) is 0. The number of carbonyl (C=O) groups excluding carboxylic acids is 1. The number of aromatic amines is 1. The second-order valence-electron chi connectivity index (χ2n) is 8.80. The first kappa shape index (κ1) is 16.0. The van der Waals surface area contributed by atoms with Gasteiger partial charge in [-0.15, -0.1) is 0 Å². The zero-order valence-corrected chi connectivity index (χ0v) is 15.1. The predicted molar refractivity (Wildman–Crippen MR) is 99.9 cm³/mol. The molecule has 4 fully saturated rings. The fraction of sp³-hybridized carbons (Fsp3) is 0.571. The minimum absolute atomic E-state index is 0.156. The molecule has 0 atom stereocenters. The average Bonchev–Trinajstić information content (AvgIpc) is 3.13. The molecule has 5 heteroatoms. The summed E-state index contributed by atoms with van der Waals surface area (Å²) in [5, 5.41) is 9.43. The van der Waals surface area contributed by atoms with Crippen LogP contribution in [-0.4, -0.2) is 27.5 Å². The van der Waals surface area contributed by atoms with Gasteiger partial charge in [-0.1, -0.05) is 24.3 Å². The summed E-state index contributed by atoms with van der Waals surface area (Å²) < 4.78 is 0. The molecule has 0 unspecified atom stereocenters. The molecular formula is C21H26N4O. The molecular weight excluding hydrogens is 324 g/mol. The lowest BCUT2D eigenvalue weighted by Crippen LogP contribution is -2.48. The van der Waals surface area contributed by atoms with E-state index in [2.05, 4.69) is 44.8 Å². The van der Waals surface area contributed by atoms with E-state index in [1.807, 2.05) is 0 Å². The molecule has 0 amide bonds. The second-order valence-corrected chi connectivity index (χ2v) is 8.80. The number of benzene rings is 1. The summed E-state index contributed by atoms with van der Waals surface area (Å²) in [6.45, 7) is 0.270. The number of rotatable bonds is 6. The van der Waals surface area contributed by atoms with Crippen LogP contribution in [0.1, 0.15) is 49.7 Å². The first-order chi connectivity index (χ1) is 12.7. The maximum atomic E-state index is 12.2. The Hall–Kier alpha value is -2.17. The number of nitrogens with one attached hydrogen (secondary N) is 2. The largest absolute Gasteiger partial charge is 0.348 e. The van der Waals surface area contributed by atoms with Crippen molar-refractivity contribution < 1.29 is 4.79 Å². The van der Waals surface area contributed by atoms with E-state index in [0.717, 1.165) is 23.3 Å². The van der Waals surface area contributed by atoms with Crippen LogP contribution in [0.25, 0.3) is 0 Å². The zero-order chi connectivity index (χ0) is 17.6. The Labute approximate surface area is 154 Å². The minimum Gasteiger partial charge on any atom is -0.348 e. The molecule has 5 nitrogen and oxygen atoms in total. The summed E-state index contributed by atoms with van der Waals surface area (Å²) in [6, 6.07) is 8.94. The van der Waals surface area contributed by atoms with Gasteiger partial charge in [0, 0.05) is 6.42 Å². The molecule has 136 valence electrons. The molecule has 1 heterocycles. The van der Waals surface area contributed by atoms with Crippen LogP contribution >= 0.6 is 0 Å². The van der Waals surface area contributed by atoms with Crippen molar-refractivity contribution in [3.05, 3.63) is 41.7 Å². The monoisotopic (exact) mass is 350 g/mol. The Morgan fingerprint density at radius 1 is 1.08 bits per heavy atom. The Bertz CT molecular complexity index is 746. The van der Waals surface area contributed by atoms with Crippen molar-refractivity contribution >= 4 is 11.7 Å². The number of aromatic nitrogens is 3. The molecule has 6 rings (SSSR count). The molecule has 4 saturated carbocycles. The highest BCUT2D eigenvalue weighted by molar-refractivity contribution is 5.84. The Kier molecular flexibility index (Phi) is 3.84. The molecule has 4 aliphatic rings. The summed E-state index contributed by atoms with van der Waals surface area (Å²) in [4.78, 5) is 16.2. The average molecular weight is 350 g/mol. The number of carbonyl (C=O) groups is 1. The SMILES string of the molecule is O=C(CNc1ncn[nH]1)Cc1ccc(C23CC4CC(CC(C4)C2)C3)cc1. The van der Waals surface area contributed by atoms with Crippen LogP contribution in [0.4, 0.5) is 5.95 Å². The molecule has 4 aliphatic carbocycles. The van der Waals surface area contributed by atoms with Crippen LogP contribution in [-0.2, 0) is 16.6 Å². The lowest BCUT2D eigenvalue weighted by atomic mass is 9.48. The number of Topliss-reactive ketones (excluding diaryl/α,β-unsaturated/α-hetero) is 1. The van der Waals surface area contributed by atoms with E-state index in [4.69, 9.17) is 0 Å². The third-order valence-electron chi connectivity index (χ3n) is 6.87. The number of anilines is 1. The number of nitrogens with zero attached hydrogens (tertiary/aromatic N) is 2. The molecule has 0 saturated heterocycles. The van der Waals surface area contributed by atoms with E-state index in [1.54, 1.807) is 0 Å². The summed E-state index contributed by atoms with van der Waals surface area (Å²) in [5.41, 5.74) is 3.06. The highest BCUT2D eigenvalue weighted by atomic mass is 16.1. The van der Waals surface area contributed by atoms with Crippen molar-refractivity contribution in [2.75, 3.05) is 11.9 Å². The van der Waals surface area contributed by atoms with Gasteiger partial charge in [0.05, 0.1) is 6.54 Å². The fourth-order valence-electron chi connectivity index (χ4n) is 6.20. The summed E-state index contributed by atoms with van der Waals surface area (Å²) >= 11 is 0. The van der Waals surface area contributed by atoms with E-state index in [1.165, 1.54) is 50.4 Å². The van der Waals surface area contributed by atoms with Crippen LogP contribution in [0, 0.1) is 17.8 Å². The van der Waals surface area contributed by atoms with Gasteiger partial charge in [-0.2, -0.15) is 5.10 Å². The second kappa shape index (κ2) is 6.22. The quantitative estimate of drug-likeness (QED) is 0.836. The topological polar surface area (TPSA) is 70.7 Å². The van der Waals surface area contributed by atoms with E-state index in [0.29, 0.717) is 17.8 Å². The lowest BCUT2D eigenvalue weighted by molar-refractivity contribution is -0.116. The molecule has 0 radical (unpaired) electrons. The van der Waals surface area contributed by atoms with Gasteiger partial charge in [0.15, 0.2) is 5.78 Å². The maximum absolute atomic E-state index is 12.2. The van der Waals surface area contributed by atoms with Gasteiger partial charge >= 0.3 is 0 Å². The van der Waals surface area contributed by atoms with E-state index in [9.17, 15) is 4.79 Å². The first-order valence-corrected chi connectivity index (χ1v) is 9.89. The first-order valence-electron chi connectivity index (χ1n) is 9.89. The Morgan fingerprint density at radius 2 is 1.73 bits per heavy atom. The highest BCUT2D eigenvalue weighted by Gasteiger charge is 2.51.